The van der Waals surface area contributed by atoms with Crippen LogP contribution < -0.4 is 10.1 Å². The van der Waals surface area contributed by atoms with Crippen LogP contribution in [0.3, 0.4) is 0 Å². The number of ether oxygens (including phenoxy) is 2. The summed E-state index contributed by atoms with van der Waals surface area (Å²) in [6, 6.07) is 7.97. The lowest BCUT2D eigenvalue weighted by Crippen LogP contribution is -2.20. The predicted molar refractivity (Wildman–Crippen MR) is 98.1 cm³/mol. The normalized spacial score (nSPS) is 12.2. The van der Waals surface area contributed by atoms with Gasteiger partial charge in [0.1, 0.15) is 12.4 Å². The van der Waals surface area contributed by atoms with Crippen LogP contribution in [-0.2, 0) is 16.0 Å². The molecule has 0 saturated carbocycles. The van der Waals surface area contributed by atoms with Gasteiger partial charge in [0.15, 0.2) is 0 Å². The summed E-state index contributed by atoms with van der Waals surface area (Å²) in [5.41, 5.74) is 3.01. The second-order valence-electron chi connectivity index (χ2n) is 5.87. The molecule has 0 atom stereocenters. The van der Waals surface area contributed by atoms with Crippen molar-refractivity contribution in [3.8, 4) is 5.75 Å². The molecular formula is C20H29NO3. The van der Waals surface area contributed by atoms with Crippen LogP contribution in [0.15, 0.2) is 47.7 Å². The molecular weight excluding hydrogens is 302 g/mol. The van der Waals surface area contributed by atoms with Gasteiger partial charge in [-0.15, -0.1) is 0 Å². The Morgan fingerprint density at radius 2 is 2.00 bits per heavy atom. The van der Waals surface area contributed by atoms with Crippen molar-refractivity contribution in [3.05, 3.63) is 53.3 Å². The minimum atomic E-state index is -0.239. The predicted octanol–water partition coefficient (Wildman–Crippen LogP) is 4.02. The number of rotatable bonds is 9. The van der Waals surface area contributed by atoms with Gasteiger partial charge >= 0.3 is 5.97 Å². The maximum atomic E-state index is 11.7. The van der Waals surface area contributed by atoms with Gasteiger partial charge in [-0.05, 0) is 52.3 Å². The smallest absolute Gasteiger partial charge is 0.310 e. The summed E-state index contributed by atoms with van der Waals surface area (Å²) in [6.45, 7) is 10.9. The number of carbonyl (C=O) groups excluding carboxylic acids is 1. The number of hydrogen-bond acceptors (Lipinski definition) is 4. The van der Waals surface area contributed by atoms with Crippen molar-refractivity contribution in [2.45, 2.75) is 47.1 Å². The number of hydrogen-bond donors (Lipinski definition) is 1. The molecule has 0 saturated heterocycles. The highest BCUT2D eigenvalue weighted by molar-refractivity contribution is 5.73. The van der Waals surface area contributed by atoms with Crippen LogP contribution in [0.1, 0.15) is 40.2 Å². The van der Waals surface area contributed by atoms with E-state index in [9.17, 15) is 4.79 Å². The van der Waals surface area contributed by atoms with E-state index >= 15 is 0 Å². The third kappa shape index (κ3) is 7.36. The SMILES string of the molecule is C/C=C(\C=C(/C)NC(C)C)COc1ccccc1CC(=O)OCC. The topological polar surface area (TPSA) is 47.6 Å². The lowest BCUT2D eigenvalue weighted by atomic mass is 10.1. The quantitative estimate of drug-likeness (QED) is 0.548. The molecule has 1 N–H and O–H groups in total. The first-order chi connectivity index (χ1) is 11.5. The van der Waals surface area contributed by atoms with Gasteiger partial charge in [-0.25, -0.2) is 0 Å². The van der Waals surface area contributed by atoms with Gasteiger partial charge in [0, 0.05) is 17.3 Å². The highest BCUT2D eigenvalue weighted by Gasteiger charge is 2.09. The van der Waals surface area contributed by atoms with E-state index in [2.05, 4.69) is 25.2 Å². The van der Waals surface area contributed by atoms with Gasteiger partial charge in [-0.1, -0.05) is 24.3 Å². The van der Waals surface area contributed by atoms with E-state index in [0.29, 0.717) is 25.0 Å². The van der Waals surface area contributed by atoms with E-state index < -0.39 is 0 Å². The molecule has 132 valence electrons. The number of carbonyl (C=O) groups is 1. The molecule has 4 heteroatoms. The number of para-hydroxylation sites is 1. The third-order valence-electron chi connectivity index (χ3n) is 3.30. The first kappa shape index (κ1) is 19.8. The summed E-state index contributed by atoms with van der Waals surface area (Å²) in [5.74, 6) is 0.476. The minimum absolute atomic E-state index is 0.221. The lowest BCUT2D eigenvalue weighted by Gasteiger charge is -2.14. The highest BCUT2D eigenvalue weighted by atomic mass is 16.5. The van der Waals surface area contributed by atoms with Crippen molar-refractivity contribution < 1.29 is 14.3 Å². The minimum Gasteiger partial charge on any atom is -0.489 e. The molecule has 0 aliphatic heterocycles. The highest BCUT2D eigenvalue weighted by Crippen LogP contribution is 2.20. The molecule has 0 heterocycles. The van der Waals surface area contributed by atoms with Crippen LogP contribution in [0.25, 0.3) is 0 Å². The zero-order valence-corrected chi connectivity index (χ0v) is 15.4. The first-order valence-corrected chi connectivity index (χ1v) is 8.42. The van der Waals surface area contributed by atoms with Gasteiger partial charge in [0.2, 0.25) is 0 Å². The third-order valence-corrected chi connectivity index (χ3v) is 3.30. The van der Waals surface area contributed by atoms with Crippen LogP contribution in [-0.4, -0.2) is 25.2 Å². The molecule has 0 aliphatic carbocycles. The van der Waals surface area contributed by atoms with Crippen molar-refractivity contribution in [2.24, 2.45) is 0 Å². The van der Waals surface area contributed by atoms with Crippen molar-refractivity contribution in [3.63, 3.8) is 0 Å². The fraction of sp³-hybridized carbons (Fsp3) is 0.450. The average molecular weight is 331 g/mol. The number of nitrogens with one attached hydrogen (secondary N) is 1. The maximum Gasteiger partial charge on any atom is 0.310 e. The standard InChI is InChI=1S/C20H29NO3/c1-6-17(12-16(5)21-15(3)4)14-24-19-11-9-8-10-18(19)13-20(22)23-7-2/h6,8-12,15,21H,7,13-14H2,1-5H3/b16-12+,17-6+. The maximum absolute atomic E-state index is 11.7. The van der Waals surface area contributed by atoms with Gasteiger partial charge in [-0.2, -0.15) is 0 Å². The molecule has 1 rings (SSSR count). The van der Waals surface area contributed by atoms with Crippen LogP contribution in [0.2, 0.25) is 0 Å². The molecule has 0 radical (unpaired) electrons. The van der Waals surface area contributed by atoms with Crippen molar-refractivity contribution >= 4 is 5.97 Å². The van der Waals surface area contributed by atoms with Crippen molar-refractivity contribution in [1.82, 2.24) is 5.32 Å². The molecule has 0 amide bonds. The number of benzene rings is 1. The van der Waals surface area contributed by atoms with E-state index in [1.807, 2.05) is 44.2 Å². The van der Waals surface area contributed by atoms with E-state index in [1.165, 1.54) is 0 Å². The second kappa shape index (κ2) is 10.5. The first-order valence-electron chi connectivity index (χ1n) is 8.42. The van der Waals surface area contributed by atoms with Gasteiger partial charge < -0.3 is 14.8 Å². The Bertz CT molecular complexity index is 588. The van der Waals surface area contributed by atoms with Gasteiger partial charge in [0.05, 0.1) is 13.0 Å². The zero-order chi connectivity index (χ0) is 17.9. The van der Waals surface area contributed by atoms with Crippen molar-refractivity contribution in [1.29, 1.82) is 0 Å². The summed E-state index contributed by atoms with van der Waals surface area (Å²) in [6.07, 6.45) is 4.33. The molecule has 0 fully saturated rings. The largest absolute Gasteiger partial charge is 0.489 e. The van der Waals surface area contributed by atoms with Crippen LogP contribution >= 0.6 is 0 Å². The summed E-state index contributed by atoms with van der Waals surface area (Å²) >= 11 is 0. The Morgan fingerprint density at radius 1 is 1.29 bits per heavy atom. The fourth-order valence-electron chi connectivity index (χ4n) is 2.30. The molecule has 0 unspecified atom stereocenters. The molecule has 1 aromatic rings. The molecule has 4 nitrogen and oxygen atoms in total. The summed E-state index contributed by atoms with van der Waals surface area (Å²) in [4.78, 5) is 11.7. The van der Waals surface area contributed by atoms with Crippen LogP contribution in [0.4, 0.5) is 0 Å². The average Bonchev–Trinajstić information content (AvgIpc) is 2.52. The molecule has 1 aromatic carbocycles. The molecule has 0 bridgehead atoms. The number of allylic oxidation sites excluding steroid dienone is 2. The van der Waals surface area contributed by atoms with Crippen LogP contribution in [0, 0.1) is 0 Å². The van der Waals surface area contributed by atoms with Gasteiger partial charge in [-0.3, -0.25) is 4.79 Å². The fourth-order valence-corrected chi connectivity index (χ4v) is 2.30. The molecule has 0 spiro atoms. The van der Waals surface area contributed by atoms with Crippen molar-refractivity contribution in [2.75, 3.05) is 13.2 Å². The summed E-state index contributed by atoms with van der Waals surface area (Å²) in [7, 11) is 0. The van der Waals surface area contributed by atoms with E-state index in [4.69, 9.17) is 9.47 Å². The summed E-state index contributed by atoms with van der Waals surface area (Å²) < 4.78 is 10.9. The van der Waals surface area contributed by atoms with E-state index in [1.54, 1.807) is 6.92 Å². The van der Waals surface area contributed by atoms with E-state index in [0.717, 1.165) is 16.8 Å². The summed E-state index contributed by atoms with van der Waals surface area (Å²) in [5, 5.41) is 3.36. The molecule has 0 aliphatic rings. The Labute approximate surface area is 145 Å². The Kier molecular flexibility index (Phi) is 8.69. The van der Waals surface area contributed by atoms with Crippen LogP contribution in [0.5, 0.6) is 5.75 Å². The Hall–Kier alpha value is -2.23. The van der Waals surface area contributed by atoms with E-state index in [-0.39, 0.29) is 12.4 Å². The zero-order valence-electron chi connectivity index (χ0n) is 15.4. The monoisotopic (exact) mass is 331 g/mol. The Balaban J connectivity index is 2.74. The number of esters is 1. The molecule has 24 heavy (non-hydrogen) atoms. The Morgan fingerprint density at radius 3 is 2.62 bits per heavy atom. The lowest BCUT2D eigenvalue weighted by molar-refractivity contribution is -0.142. The second-order valence-corrected chi connectivity index (χ2v) is 5.87. The molecule has 0 aromatic heterocycles. The van der Waals surface area contributed by atoms with Gasteiger partial charge in [0.25, 0.3) is 0 Å².